The van der Waals surface area contributed by atoms with Crippen LogP contribution < -0.4 is 0 Å². The van der Waals surface area contributed by atoms with Crippen molar-refractivity contribution in [3.8, 4) is 0 Å². The highest BCUT2D eigenvalue weighted by atomic mass is 32.2. The zero-order valence-corrected chi connectivity index (χ0v) is 17.4. The van der Waals surface area contributed by atoms with Gasteiger partial charge in [-0.05, 0) is 44.7 Å². The molecule has 1 N–H and O–H groups in total. The van der Waals surface area contributed by atoms with Crippen LogP contribution in [-0.2, 0) is 14.8 Å². The Hall–Kier alpha value is -1.86. The fourth-order valence-electron chi connectivity index (χ4n) is 3.43. The van der Waals surface area contributed by atoms with Crippen LogP contribution in [0.25, 0.3) is 0 Å². The van der Waals surface area contributed by atoms with E-state index in [9.17, 15) is 18.3 Å². The van der Waals surface area contributed by atoms with Crippen molar-refractivity contribution in [2.45, 2.75) is 75.3 Å². The standard InChI is InChI=1S/C21H31NO5S/c1-3-4-5-6-7-8-9-10-11-20-19(16-23)22(21(24)27-20)28(25,26)18-14-12-17(2)13-15-18/h3,12-15,19-20,23H,1,4-11,16H2,2H3/t19-,20-/m1/s1. The molecule has 0 unspecified atom stereocenters. The summed E-state index contributed by atoms with van der Waals surface area (Å²) >= 11 is 0. The summed E-state index contributed by atoms with van der Waals surface area (Å²) in [5, 5.41) is 9.76. The maximum absolute atomic E-state index is 12.9. The number of hydrogen-bond acceptors (Lipinski definition) is 5. The average Bonchev–Trinajstić information content (AvgIpc) is 3.00. The third-order valence-electron chi connectivity index (χ3n) is 5.07. The van der Waals surface area contributed by atoms with Gasteiger partial charge in [-0.15, -0.1) is 6.58 Å². The van der Waals surface area contributed by atoms with E-state index in [1.807, 2.05) is 13.0 Å². The van der Waals surface area contributed by atoms with Crippen LogP contribution in [0.15, 0.2) is 41.8 Å². The second-order valence-corrected chi connectivity index (χ2v) is 9.09. The highest BCUT2D eigenvalue weighted by Crippen LogP contribution is 2.30. The summed E-state index contributed by atoms with van der Waals surface area (Å²) in [6.07, 6.45) is 8.38. The number of carbonyl (C=O) groups excluding carboxylic acids is 1. The lowest BCUT2D eigenvalue weighted by Gasteiger charge is -2.22. The Morgan fingerprint density at radius 3 is 2.32 bits per heavy atom. The summed E-state index contributed by atoms with van der Waals surface area (Å²) in [5.41, 5.74) is 0.920. The molecule has 1 fully saturated rings. The van der Waals surface area contributed by atoms with Crippen molar-refractivity contribution in [1.29, 1.82) is 0 Å². The van der Waals surface area contributed by atoms with Crippen molar-refractivity contribution in [2.24, 2.45) is 0 Å². The van der Waals surface area contributed by atoms with Gasteiger partial charge in [0.25, 0.3) is 10.0 Å². The normalized spacial score (nSPS) is 19.6. The molecule has 0 aromatic heterocycles. The van der Waals surface area contributed by atoms with E-state index in [1.165, 1.54) is 18.6 Å². The first-order valence-electron chi connectivity index (χ1n) is 9.95. The Morgan fingerprint density at radius 1 is 1.11 bits per heavy atom. The lowest BCUT2D eigenvalue weighted by molar-refractivity contribution is 0.110. The lowest BCUT2D eigenvalue weighted by atomic mass is 10.0. The van der Waals surface area contributed by atoms with Gasteiger partial charge in [0, 0.05) is 0 Å². The van der Waals surface area contributed by atoms with E-state index < -0.39 is 34.9 Å². The zero-order valence-electron chi connectivity index (χ0n) is 16.5. The van der Waals surface area contributed by atoms with E-state index in [-0.39, 0.29) is 4.90 Å². The third kappa shape index (κ3) is 5.58. The Morgan fingerprint density at radius 2 is 1.71 bits per heavy atom. The molecule has 2 rings (SSSR count). The molecule has 6 nitrogen and oxygen atoms in total. The second kappa shape index (κ2) is 10.6. The maximum atomic E-state index is 12.9. The van der Waals surface area contributed by atoms with Crippen molar-refractivity contribution in [3.63, 3.8) is 0 Å². The third-order valence-corrected chi connectivity index (χ3v) is 6.88. The molecule has 1 aliphatic heterocycles. The molecule has 28 heavy (non-hydrogen) atoms. The van der Waals surface area contributed by atoms with Gasteiger partial charge in [0.2, 0.25) is 0 Å². The molecule has 1 saturated heterocycles. The molecule has 0 spiro atoms. The molecule has 1 aromatic rings. The second-order valence-electron chi connectivity index (χ2n) is 7.27. The highest BCUT2D eigenvalue weighted by molar-refractivity contribution is 7.89. The molecule has 0 saturated carbocycles. The van der Waals surface area contributed by atoms with Crippen LogP contribution in [0.2, 0.25) is 0 Å². The lowest BCUT2D eigenvalue weighted by Crippen LogP contribution is -2.43. The number of hydrogen-bond donors (Lipinski definition) is 1. The fraction of sp³-hybridized carbons (Fsp3) is 0.571. The predicted octanol–water partition coefficient (Wildman–Crippen LogP) is 4.17. The molecule has 1 aliphatic rings. The Kier molecular flexibility index (Phi) is 8.51. The van der Waals surface area contributed by atoms with Gasteiger partial charge in [-0.25, -0.2) is 13.2 Å². The predicted molar refractivity (Wildman–Crippen MR) is 108 cm³/mol. The van der Waals surface area contributed by atoms with Crippen LogP contribution in [0.1, 0.15) is 56.9 Å². The van der Waals surface area contributed by atoms with E-state index in [2.05, 4.69) is 6.58 Å². The highest BCUT2D eigenvalue weighted by Gasteiger charge is 2.48. The number of rotatable bonds is 12. The van der Waals surface area contributed by atoms with Crippen molar-refractivity contribution >= 4 is 16.1 Å². The van der Waals surface area contributed by atoms with Gasteiger partial charge >= 0.3 is 6.09 Å². The van der Waals surface area contributed by atoms with Gasteiger partial charge in [-0.3, -0.25) is 0 Å². The van der Waals surface area contributed by atoms with Crippen molar-refractivity contribution in [2.75, 3.05) is 6.61 Å². The molecule has 0 bridgehead atoms. The van der Waals surface area contributed by atoms with E-state index in [1.54, 1.807) is 12.1 Å². The first-order chi connectivity index (χ1) is 13.4. The Balaban J connectivity index is 1.92. The Bertz CT molecular complexity index is 745. The van der Waals surface area contributed by atoms with E-state index in [4.69, 9.17) is 4.74 Å². The van der Waals surface area contributed by atoms with Gasteiger partial charge in [0.05, 0.1) is 11.5 Å². The number of aliphatic hydroxyl groups excluding tert-OH is 1. The summed E-state index contributed by atoms with van der Waals surface area (Å²) in [7, 11) is -4.06. The minimum atomic E-state index is -4.06. The molecule has 0 aliphatic carbocycles. The van der Waals surface area contributed by atoms with Gasteiger partial charge in [0.15, 0.2) is 0 Å². The molecule has 7 heteroatoms. The molecule has 1 heterocycles. The number of amides is 1. The van der Waals surface area contributed by atoms with Gasteiger partial charge in [-0.1, -0.05) is 49.5 Å². The SMILES string of the molecule is C=CCCCCCCCC[C@H]1OC(=O)N(S(=O)(=O)c2ccc(C)cc2)[C@@H]1CO. The summed E-state index contributed by atoms with van der Waals surface area (Å²) < 4.78 is 31.8. The van der Waals surface area contributed by atoms with Crippen molar-refractivity contribution in [1.82, 2.24) is 4.31 Å². The smallest absolute Gasteiger partial charge is 0.424 e. The number of allylic oxidation sites excluding steroid dienone is 1. The Labute approximate surface area is 168 Å². The molecule has 2 atom stereocenters. The van der Waals surface area contributed by atoms with Gasteiger partial charge in [-0.2, -0.15) is 4.31 Å². The van der Waals surface area contributed by atoms with E-state index >= 15 is 0 Å². The molecule has 156 valence electrons. The molecule has 1 aromatic carbocycles. The monoisotopic (exact) mass is 409 g/mol. The molecule has 1 amide bonds. The van der Waals surface area contributed by atoms with Crippen LogP contribution >= 0.6 is 0 Å². The maximum Gasteiger partial charge on any atom is 0.424 e. The summed E-state index contributed by atoms with van der Waals surface area (Å²) in [6, 6.07) is 5.40. The number of aryl methyl sites for hydroxylation is 1. The number of cyclic esters (lactones) is 1. The van der Waals surface area contributed by atoms with Crippen molar-refractivity contribution in [3.05, 3.63) is 42.5 Å². The summed E-state index contributed by atoms with van der Waals surface area (Å²) in [5.74, 6) is 0. The number of aliphatic hydroxyl groups is 1. The van der Waals surface area contributed by atoms with Crippen LogP contribution in [-0.4, -0.2) is 42.7 Å². The number of nitrogens with zero attached hydrogens (tertiary/aromatic N) is 1. The first-order valence-corrected chi connectivity index (χ1v) is 11.4. The summed E-state index contributed by atoms with van der Waals surface area (Å²) in [6.45, 7) is 5.11. The average molecular weight is 410 g/mol. The van der Waals surface area contributed by atoms with Gasteiger partial charge in [0.1, 0.15) is 12.1 Å². The van der Waals surface area contributed by atoms with Crippen molar-refractivity contribution < 1.29 is 23.1 Å². The molecule has 0 radical (unpaired) electrons. The minimum absolute atomic E-state index is 0.0219. The number of ether oxygens (including phenoxy) is 1. The topological polar surface area (TPSA) is 83.9 Å². The van der Waals surface area contributed by atoms with Gasteiger partial charge < -0.3 is 9.84 Å². The molecular weight excluding hydrogens is 378 g/mol. The fourth-order valence-corrected chi connectivity index (χ4v) is 4.94. The number of carbonyl (C=O) groups is 1. The minimum Gasteiger partial charge on any atom is -0.443 e. The van der Waals surface area contributed by atoms with E-state index in [0.717, 1.165) is 44.1 Å². The number of benzene rings is 1. The summed E-state index contributed by atoms with van der Waals surface area (Å²) in [4.78, 5) is 12.3. The van der Waals surface area contributed by atoms with Crippen LogP contribution in [0, 0.1) is 6.92 Å². The van der Waals surface area contributed by atoms with Crippen LogP contribution in [0.4, 0.5) is 4.79 Å². The van der Waals surface area contributed by atoms with E-state index in [0.29, 0.717) is 10.7 Å². The first kappa shape index (κ1) is 22.4. The zero-order chi connectivity index (χ0) is 20.6. The van der Waals surface area contributed by atoms with Crippen LogP contribution in [0.5, 0.6) is 0 Å². The number of unbranched alkanes of at least 4 members (excludes halogenated alkanes) is 6. The number of sulfonamides is 1. The van der Waals surface area contributed by atoms with Crippen LogP contribution in [0.3, 0.4) is 0 Å². The largest absolute Gasteiger partial charge is 0.443 e. The quantitative estimate of drug-likeness (QED) is 0.414. The molecular formula is C21H31NO5S.